The third-order valence-corrected chi connectivity index (χ3v) is 12.2. The summed E-state index contributed by atoms with van der Waals surface area (Å²) < 4.78 is 73.2. The van der Waals surface area contributed by atoms with Gasteiger partial charge in [0.25, 0.3) is 20.1 Å². The van der Waals surface area contributed by atoms with Gasteiger partial charge in [0, 0.05) is 70.9 Å². The predicted octanol–water partition coefficient (Wildman–Crippen LogP) is 3.29. The second kappa shape index (κ2) is 11.2. The maximum absolute atomic E-state index is 13.5. The molecular formula is C35H39N4O6S2+. The highest BCUT2D eigenvalue weighted by atomic mass is 32.2. The normalized spacial score (nSPS) is 18.4. The molecule has 10 nitrogen and oxygen atoms in total. The van der Waals surface area contributed by atoms with Gasteiger partial charge in [-0.3, -0.25) is 4.55 Å². The lowest BCUT2D eigenvalue weighted by Crippen LogP contribution is -2.45. The van der Waals surface area contributed by atoms with Crippen LogP contribution in [0.2, 0.25) is 0 Å². The molecule has 12 heteroatoms. The number of ether oxygens (including phenoxy) is 1. The van der Waals surface area contributed by atoms with Crippen molar-refractivity contribution in [1.82, 2.24) is 9.41 Å². The number of nitrogens with zero attached hydrogens (tertiary/aromatic N) is 3. The molecule has 0 unspecified atom stereocenters. The van der Waals surface area contributed by atoms with Crippen LogP contribution in [0.5, 0.6) is 11.5 Å². The first-order chi connectivity index (χ1) is 22.5. The Morgan fingerprint density at radius 2 is 1.62 bits per heavy atom. The van der Waals surface area contributed by atoms with Crippen LogP contribution in [0, 0.1) is 5.92 Å². The minimum Gasteiger partial charge on any atom is -0.455 e. The van der Waals surface area contributed by atoms with Crippen molar-refractivity contribution in [3.8, 4) is 11.5 Å². The molecule has 0 aliphatic carbocycles. The fourth-order valence-corrected chi connectivity index (χ4v) is 9.71. The number of hydrogen-bond donors (Lipinski definition) is 2. The van der Waals surface area contributed by atoms with E-state index in [0.29, 0.717) is 17.1 Å². The highest BCUT2D eigenvalue weighted by molar-refractivity contribution is 7.89. The standard InChI is InChI=1S/C35H38N4O6S2/c1-21(2)20-36-37-46(40,41)24-11-12-30(47(42,43)44)27(19-24)31-28-17-22-7-3-13-38-15-5-9-25(32(22)38)34(28)45-35-26-10-6-16-39-14-4-8-23(33(26)39)18-29(31)35/h11-12,17-21,37H,3-10,13-16H2,1-2H3/p+1/b36-20+. The first-order valence-corrected chi connectivity index (χ1v) is 19.5. The molecule has 246 valence electrons. The molecule has 3 aromatic rings. The maximum atomic E-state index is 13.5. The summed E-state index contributed by atoms with van der Waals surface area (Å²) >= 11 is 0. The van der Waals surface area contributed by atoms with Crippen molar-refractivity contribution in [1.29, 1.82) is 0 Å². The van der Waals surface area contributed by atoms with Crippen LogP contribution in [0.3, 0.4) is 0 Å². The average Bonchev–Trinajstić information content (AvgIpc) is 3.04. The fraction of sp³-hybridized carbons (Fsp3) is 0.429. The van der Waals surface area contributed by atoms with Crippen molar-refractivity contribution in [2.75, 3.05) is 31.1 Å². The van der Waals surface area contributed by atoms with Gasteiger partial charge < -0.3 is 9.64 Å². The Balaban J connectivity index is 1.49. The summed E-state index contributed by atoms with van der Waals surface area (Å²) in [5.41, 5.74) is 7.24. The van der Waals surface area contributed by atoms with Gasteiger partial charge in [-0.15, -0.1) is 0 Å². The Morgan fingerprint density at radius 3 is 2.38 bits per heavy atom. The van der Waals surface area contributed by atoms with E-state index in [1.54, 1.807) is 0 Å². The van der Waals surface area contributed by atoms with E-state index in [4.69, 9.17) is 4.74 Å². The molecule has 5 heterocycles. The number of fused-ring (bicyclic) bond motifs is 4. The number of aryl methyl sites for hydroxylation is 2. The molecule has 47 heavy (non-hydrogen) atoms. The monoisotopic (exact) mass is 675 g/mol. The van der Waals surface area contributed by atoms with Crippen LogP contribution in [0.15, 0.2) is 45.2 Å². The molecule has 0 aromatic heterocycles. The molecule has 0 bridgehead atoms. The largest absolute Gasteiger partial charge is 0.455 e. The molecule has 3 aromatic carbocycles. The first-order valence-electron chi connectivity index (χ1n) is 16.6. The number of rotatable bonds is 6. The molecule has 0 spiro atoms. The van der Waals surface area contributed by atoms with Gasteiger partial charge >= 0.3 is 0 Å². The van der Waals surface area contributed by atoms with Gasteiger partial charge in [-0.25, -0.2) is 9.41 Å². The smallest absolute Gasteiger partial charge is 0.295 e. The van der Waals surface area contributed by atoms with Crippen molar-refractivity contribution in [3.05, 3.63) is 74.3 Å². The minimum atomic E-state index is -4.76. The van der Waals surface area contributed by atoms with E-state index >= 15 is 0 Å². The molecule has 0 radical (unpaired) electrons. The molecule has 5 aliphatic rings. The quantitative estimate of drug-likeness (QED) is 0.139. The van der Waals surface area contributed by atoms with Gasteiger partial charge in [-0.2, -0.15) is 21.9 Å². The summed E-state index contributed by atoms with van der Waals surface area (Å²) in [6.07, 6.45) is 8.89. The zero-order valence-corrected chi connectivity index (χ0v) is 28.3. The molecule has 0 atom stereocenters. The number of nitrogens with one attached hydrogen (secondary N) is 1. The number of sulfonamides is 1. The van der Waals surface area contributed by atoms with Crippen molar-refractivity contribution < 1.29 is 26.1 Å². The number of benzene rings is 3. The zero-order valence-electron chi connectivity index (χ0n) is 26.7. The first kappa shape index (κ1) is 30.6. The van der Waals surface area contributed by atoms with Crippen LogP contribution >= 0.6 is 0 Å². The average molecular weight is 676 g/mol. The summed E-state index contributed by atoms with van der Waals surface area (Å²) in [6, 6.07) is 7.97. The number of hydrazone groups is 1. The van der Waals surface area contributed by atoms with Gasteiger partial charge in [-0.05, 0) is 80.3 Å². The summed E-state index contributed by atoms with van der Waals surface area (Å²) in [5.74, 6) is 1.43. The summed E-state index contributed by atoms with van der Waals surface area (Å²) in [6.45, 7) is 7.70. The van der Waals surface area contributed by atoms with Gasteiger partial charge in [0.2, 0.25) is 5.36 Å². The van der Waals surface area contributed by atoms with E-state index < -0.39 is 20.1 Å². The molecular weight excluding hydrogens is 637 g/mol. The van der Waals surface area contributed by atoms with Crippen molar-refractivity contribution in [2.24, 2.45) is 11.0 Å². The van der Waals surface area contributed by atoms with Crippen LogP contribution < -0.4 is 29.6 Å². The van der Waals surface area contributed by atoms with E-state index in [2.05, 4.69) is 31.5 Å². The lowest BCUT2D eigenvalue weighted by atomic mass is 9.82. The van der Waals surface area contributed by atoms with Crippen LogP contribution in [0.1, 0.15) is 72.9 Å². The summed E-state index contributed by atoms with van der Waals surface area (Å²) in [7, 11) is -8.93. The molecule has 0 fully saturated rings. The Kier molecular flexibility index (Phi) is 7.27. The van der Waals surface area contributed by atoms with Crippen LogP contribution in [0.4, 0.5) is 5.69 Å². The molecule has 8 rings (SSSR count). The third-order valence-electron chi connectivity index (χ3n) is 10.0. The highest BCUT2D eigenvalue weighted by Crippen LogP contribution is 2.49. The Morgan fingerprint density at radius 1 is 0.894 bits per heavy atom. The molecule has 0 amide bonds. The van der Waals surface area contributed by atoms with Gasteiger partial charge in [0.1, 0.15) is 29.5 Å². The second-order valence-electron chi connectivity index (χ2n) is 13.6. The van der Waals surface area contributed by atoms with Gasteiger partial charge in [0.15, 0.2) is 0 Å². The van der Waals surface area contributed by atoms with E-state index in [-0.39, 0.29) is 21.3 Å². The zero-order chi connectivity index (χ0) is 32.7. The highest BCUT2D eigenvalue weighted by Gasteiger charge is 2.37. The Labute approximate surface area is 275 Å². The lowest BCUT2D eigenvalue weighted by Gasteiger charge is -2.39. The fourth-order valence-electron chi connectivity index (χ4n) is 8.20. The minimum absolute atomic E-state index is 0.0201. The molecule has 0 saturated heterocycles. The van der Waals surface area contributed by atoms with Crippen LogP contribution in [-0.2, 0) is 45.8 Å². The topological polar surface area (TPSA) is 128 Å². The molecule has 5 aliphatic heterocycles. The van der Waals surface area contributed by atoms with Crippen molar-refractivity contribution in [3.63, 3.8) is 0 Å². The van der Waals surface area contributed by atoms with Crippen LogP contribution in [0.25, 0.3) is 5.57 Å². The molecule has 0 saturated carbocycles. The maximum Gasteiger partial charge on any atom is 0.295 e. The van der Waals surface area contributed by atoms with Gasteiger partial charge in [0.05, 0.1) is 10.5 Å². The van der Waals surface area contributed by atoms with Crippen LogP contribution in [-0.4, -0.2) is 53.8 Å². The van der Waals surface area contributed by atoms with E-state index in [1.165, 1.54) is 46.6 Å². The van der Waals surface area contributed by atoms with Gasteiger partial charge in [-0.1, -0.05) is 13.8 Å². The van der Waals surface area contributed by atoms with Crippen molar-refractivity contribution >= 4 is 37.6 Å². The SMILES string of the molecule is CC(C)/C=N/NS(=O)(=O)c1ccc(S(=O)(=O)O)c(C2=c3cc4c5c(c3Oc3c2cc2c6c3CCCN6CCC2)CCC[N+]=5CCC4)c1. The number of anilines is 1. The summed E-state index contributed by atoms with van der Waals surface area (Å²) in [4.78, 5) is 4.20. The van der Waals surface area contributed by atoms with E-state index in [1.807, 2.05) is 13.8 Å². The van der Waals surface area contributed by atoms with E-state index in [0.717, 1.165) is 99.5 Å². The number of hydrogen-bond acceptors (Lipinski definition) is 7. The lowest BCUT2D eigenvalue weighted by molar-refractivity contribution is 0.431. The van der Waals surface area contributed by atoms with Crippen molar-refractivity contribution in [2.45, 2.75) is 75.0 Å². The third kappa shape index (κ3) is 5.07. The molecule has 2 N–H and O–H groups in total. The Bertz CT molecular complexity index is 2240. The second-order valence-corrected chi connectivity index (χ2v) is 16.6. The van der Waals surface area contributed by atoms with E-state index in [9.17, 15) is 21.4 Å². The Hall–Kier alpha value is -3.74. The summed E-state index contributed by atoms with van der Waals surface area (Å²) in [5, 5.41) is 5.86. The predicted molar refractivity (Wildman–Crippen MR) is 180 cm³/mol.